The summed E-state index contributed by atoms with van der Waals surface area (Å²) < 4.78 is 65.8. The molecule has 1 aromatic carbocycles. The molecular weight excluding hydrogens is 340 g/mol. The highest BCUT2D eigenvalue weighted by Crippen LogP contribution is 2.46. The smallest absolute Gasteiger partial charge is 0.416 e. The van der Waals surface area contributed by atoms with Crippen molar-refractivity contribution in [3.8, 4) is 5.75 Å². The minimum absolute atomic E-state index is 0.0278. The van der Waals surface area contributed by atoms with Crippen LogP contribution in [-0.4, -0.2) is 27.2 Å². The van der Waals surface area contributed by atoms with E-state index in [0.29, 0.717) is 5.56 Å². The van der Waals surface area contributed by atoms with Crippen molar-refractivity contribution in [2.75, 3.05) is 7.11 Å². The Morgan fingerprint density at radius 1 is 1.04 bits per heavy atom. The van der Waals surface area contributed by atoms with Crippen molar-refractivity contribution in [2.45, 2.75) is 64.0 Å². The average Bonchev–Trinajstić information content (AvgIpc) is 2.33. The van der Waals surface area contributed by atoms with Gasteiger partial charge in [-0.3, -0.25) is 0 Å². The van der Waals surface area contributed by atoms with Crippen molar-refractivity contribution < 1.29 is 26.7 Å². The third kappa shape index (κ3) is 4.72. The maximum absolute atomic E-state index is 13.9. The molecular formula is C17H26F4O2Si. The molecule has 0 aromatic heterocycles. The van der Waals surface area contributed by atoms with Crippen LogP contribution in [0.4, 0.5) is 17.6 Å². The Morgan fingerprint density at radius 3 is 2.00 bits per heavy atom. The van der Waals surface area contributed by atoms with Gasteiger partial charge >= 0.3 is 6.18 Å². The lowest BCUT2D eigenvalue weighted by atomic mass is 9.75. The van der Waals surface area contributed by atoms with Crippen LogP contribution < -0.4 is 4.74 Å². The molecule has 2 nitrogen and oxygen atoms in total. The first-order valence-electron chi connectivity index (χ1n) is 7.73. The molecule has 0 saturated heterocycles. The molecule has 0 amide bonds. The third-order valence-electron chi connectivity index (χ3n) is 3.81. The number of rotatable bonds is 6. The van der Waals surface area contributed by atoms with Gasteiger partial charge in [-0.05, 0) is 44.5 Å². The van der Waals surface area contributed by atoms with Gasteiger partial charge in [0, 0.05) is 5.56 Å². The fraction of sp³-hybridized carbons (Fsp3) is 0.647. The molecule has 138 valence electrons. The highest BCUT2D eigenvalue weighted by molar-refractivity contribution is 6.69. The molecule has 0 aliphatic rings. The van der Waals surface area contributed by atoms with Crippen LogP contribution in [0.5, 0.6) is 5.75 Å². The Morgan fingerprint density at radius 2 is 1.58 bits per heavy atom. The molecule has 7 heteroatoms. The van der Waals surface area contributed by atoms with E-state index in [9.17, 15) is 17.6 Å². The van der Waals surface area contributed by atoms with E-state index in [2.05, 4.69) is 0 Å². The number of benzene rings is 1. The molecule has 0 saturated carbocycles. The largest absolute Gasteiger partial charge is 0.493 e. The molecule has 0 heterocycles. The van der Waals surface area contributed by atoms with Crippen LogP contribution in [0.2, 0.25) is 19.6 Å². The van der Waals surface area contributed by atoms with Crippen molar-refractivity contribution >= 4 is 8.32 Å². The molecule has 0 spiro atoms. The first-order valence-corrected chi connectivity index (χ1v) is 11.1. The summed E-state index contributed by atoms with van der Waals surface area (Å²) in [6.07, 6.45) is -4.88. The van der Waals surface area contributed by atoms with Crippen LogP contribution in [0.15, 0.2) is 18.2 Å². The van der Waals surface area contributed by atoms with Gasteiger partial charge in [-0.1, -0.05) is 26.0 Å². The number of hydrogen-bond acceptors (Lipinski definition) is 2. The van der Waals surface area contributed by atoms with Gasteiger partial charge in [0.2, 0.25) is 0 Å². The first-order chi connectivity index (χ1) is 10.6. The van der Waals surface area contributed by atoms with Gasteiger partial charge in [-0.2, -0.15) is 13.2 Å². The molecule has 0 aliphatic carbocycles. The number of hydrogen-bond donors (Lipinski definition) is 0. The molecule has 0 bridgehead atoms. The van der Waals surface area contributed by atoms with E-state index >= 15 is 0 Å². The summed E-state index contributed by atoms with van der Waals surface area (Å²) in [5.41, 5.74) is -2.94. The number of para-hydroxylation sites is 1. The molecule has 1 aromatic rings. The van der Waals surface area contributed by atoms with Crippen LogP contribution in [0.25, 0.3) is 0 Å². The zero-order valence-electron chi connectivity index (χ0n) is 15.3. The van der Waals surface area contributed by atoms with Gasteiger partial charge in [0.15, 0.2) is 25.5 Å². The SMILES string of the molecule is COc1c(F)cccc1C(C)(C)CC(C)(O[Si](C)(C)C)C(F)(F)F. The van der Waals surface area contributed by atoms with Crippen molar-refractivity contribution in [1.29, 1.82) is 0 Å². The van der Waals surface area contributed by atoms with Gasteiger partial charge in [0.25, 0.3) is 0 Å². The molecule has 24 heavy (non-hydrogen) atoms. The van der Waals surface area contributed by atoms with E-state index in [4.69, 9.17) is 9.16 Å². The summed E-state index contributed by atoms with van der Waals surface area (Å²) in [6, 6.07) is 4.28. The van der Waals surface area contributed by atoms with Crippen LogP contribution in [0, 0.1) is 5.82 Å². The van der Waals surface area contributed by atoms with Crippen LogP contribution in [-0.2, 0) is 9.84 Å². The molecule has 0 radical (unpaired) electrons. The number of halogens is 4. The Bertz CT molecular complexity index is 579. The summed E-state index contributed by atoms with van der Waals surface area (Å²) in [7, 11) is -1.16. The summed E-state index contributed by atoms with van der Waals surface area (Å²) in [6.45, 7) is 9.49. The minimum atomic E-state index is -4.54. The lowest BCUT2D eigenvalue weighted by Crippen LogP contribution is -2.53. The second kappa shape index (κ2) is 6.67. The van der Waals surface area contributed by atoms with Gasteiger partial charge in [-0.25, -0.2) is 4.39 Å². The number of alkyl halides is 3. The number of ether oxygens (including phenoxy) is 1. The maximum atomic E-state index is 13.9. The zero-order chi connectivity index (χ0) is 19.0. The Kier molecular flexibility index (Phi) is 5.83. The van der Waals surface area contributed by atoms with Crippen LogP contribution in [0.3, 0.4) is 0 Å². The summed E-state index contributed by atoms with van der Waals surface area (Å²) >= 11 is 0. The van der Waals surface area contributed by atoms with Crippen LogP contribution >= 0.6 is 0 Å². The fourth-order valence-corrected chi connectivity index (χ4v) is 4.60. The van der Waals surface area contributed by atoms with Crippen molar-refractivity contribution in [3.63, 3.8) is 0 Å². The predicted molar refractivity (Wildman–Crippen MR) is 89.5 cm³/mol. The van der Waals surface area contributed by atoms with E-state index < -0.39 is 31.3 Å². The van der Waals surface area contributed by atoms with E-state index in [1.807, 2.05) is 0 Å². The molecule has 0 N–H and O–H groups in total. The van der Waals surface area contributed by atoms with E-state index in [1.165, 1.54) is 19.2 Å². The highest BCUT2D eigenvalue weighted by atomic mass is 28.4. The molecule has 0 aliphatic heterocycles. The lowest BCUT2D eigenvalue weighted by molar-refractivity contribution is -0.251. The summed E-state index contributed by atoms with van der Waals surface area (Å²) in [4.78, 5) is 0. The lowest BCUT2D eigenvalue weighted by Gasteiger charge is -2.42. The van der Waals surface area contributed by atoms with E-state index in [1.54, 1.807) is 39.6 Å². The third-order valence-corrected chi connectivity index (χ3v) is 4.87. The molecule has 1 rings (SSSR count). The normalized spacial score (nSPS) is 16.0. The first kappa shape index (κ1) is 21.0. The molecule has 1 atom stereocenters. The van der Waals surface area contributed by atoms with Crippen molar-refractivity contribution in [3.05, 3.63) is 29.6 Å². The molecule has 0 fully saturated rings. The summed E-state index contributed by atoms with van der Waals surface area (Å²) in [5.74, 6) is -0.622. The van der Waals surface area contributed by atoms with Crippen LogP contribution in [0.1, 0.15) is 32.8 Å². The van der Waals surface area contributed by atoms with Gasteiger partial charge in [0.05, 0.1) is 7.11 Å². The monoisotopic (exact) mass is 366 g/mol. The average molecular weight is 366 g/mol. The topological polar surface area (TPSA) is 18.5 Å². The van der Waals surface area contributed by atoms with E-state index in [-0.39, 0.29) is 12.2 Å². The standard InChI is InChI=1S/C17H26F4O2Si/c1-15(2,12-9-8-10-13(18)14(12)22-4)11-16(3,17(19,20)21)23-24(5,6)7/h8-10H,11H2,1-7H3. The van der Waals surface area contributed by atoms with Crippen molar-refractivity contribution in [2.24, 2.45) is 0 Å². The Balaban J connectivity index is 3.34. The second-order valence-corrected chi connectivity index (χ2v) is 12.3. The second-order valence-electron chi connectivity index (χ2n) is 7.82. The van der Waals surface area contributed by atoms with Gasteiger partial charge in [0.1, 0.15) is 0 Å². The Hall–Kier alpha value is -1.08. The van der Waals surface area contributed by atoms with E-state index in [0.717, 1.165) is 6.92 Å². The van der Waals surface area contributed by atoms with Gasteiger partial charge < -0.3 is 9.16 Å². The predicted octanol–water partition coefficient (Wildman–Crippen LogP) is 5.67. The van der Waals surface area contributed by atoms with Gasteiger partial charge in [-0.15, -0.1) is 0 Å². The molecule has 1 unspecified atom stereocenters. The van der Waals surface area contributed by atoms with Crippen molar-refractivity contribution in [1.82, 2.24) is 0 Å². The zero-order valence-corrected chi connectivity index (χ0v) is 16.3. The summed E-state index contributed by atoms with van der Waals surface area (Å²) in [5, 5.41) is 0. The Labute approximate surface area is 142 Å². The maximum Gasteiger partial charge on any atom is 0.416 e. The number of methoxy groups -OCH3 is 1. The quantitative estimate of drug-likeness (QED) is 0.477. The fourth-order valence-electron chi connectivity index (χ4n) is 3.06. The minimum Gasteiger partial charge on any atom is -0.493 e. The highest BCUT2D eigenvalue weighted by Gasteiger charge is 2.56.